The van der Waals surface area contributed by atoms with Gasteiger partial charge in [0, 0.05) is 38.5 Å². The third-order valence-electron chi connectivity index (χ3n) is 5.40. The molecule has 10 heteroatoms. The monoisotopic (exact) mass is 539 g/mol. The minimum Gasteiger partial charge on any atom is -0.494 e. The zero-order chi connectivity index (χ0) is 27.4. The van der Waals surface area contributed by atoms with Gasteiger partial charge in [0.25, 0.3) is 0 Å². The summed E-state index contributed by atoms with van der Waals surface area (Å²) in [4.78, 5) is 23.1. The summed E-state index contributed by atoms with van der Waals surface area (Å²) < 4.78 is 33.1. The van der Waals surface area contributed by atoms with Crippen LogP contribution in [0.3, 0.4) is 0 Å². The van der Waals surface area contributed by atoms with E-state index < -0.39 is 14.9 Å². The van der Waals surface area contributed by atoms with Crippen LogP contribution in [-0.4, -0.2) is 67.6 Å². The summed E-state index contributed by atoms with van der Waals surface area (Å²) in [5.74, 6) is 0.420. The second-order valence-electron chi connectivity index (χ2n) is 8.29. The summed E-state index contributed by atoms with van der Waals surface area (Å²) in [6.07, 6.45) is 7.10. The highest BCUT2D eigenvalue weighted by Gasteiger charge is 2.39. The van der Waals surface area contributed by atoms with Gasteiger partial charge in [0.05, 0.1) is 20.3 Å². The smallest absolute Gasteiger partial charge is 0.494 e. The minimum absolute atomic E-state index is 0.382. The van der Waals surface area contributed by atoms with Gasteiger partial charge in [0.2, 0.25) is 0 Å². The Kier molecular flexibility index (Phi) is 17.3. The van der Waals surface area contributed by atoms with Crippen molar-refractivity contribution >= 4 is 26.9 Å². The summed E-state index contributed by atoms with van der Waals surface area (Å²) >= 11 is 0. The molecule has 1 aromatic rings. The number of esters is 1. The summed E-state index contributed by atoms with van der Waals surface area (Å²) in [7, 11) is -1.32. The van der Waals surface area contributed by atoms with E-state index in [0.29, 0.717) is 52.0 Å². The third-order valence-corrected chi connectivity index (χ3v) is 8.56. The van der Waals surface area contributed by atoms with E-state index in [4.69, 9.17) is 22.8 Å². The van der Waals surface area contributed by atoms with Crippen LogP contribution in [0.4, 0.5) is 4.79 Å². The molecule has 0 atom stereocenters. The number of nitrogens with one attached hydrogen (secondary N) is 1. The van der Waals surface area contributed by atoms with Crippen LogP contribution in [0.5, 0.6) is 5.75 Å². The highest BCUT2D eigenvalue weighted by Crippen LogP contribution is 2.19. The summed E-state index contributed by atoms with van der Waals surface area (Å²) in [6.45, 7) is 10.9. The molecule has 0 aliphatic rings. The predicted octanol–water partition coefficient (Wildman–Crippen LogP) is 5.29. The molecule has 0 saturated heterocycles. The molecule has 0 aliphatic heterocycles. The van der Waals surface area contributed by atoms with Crippen molar-refractivity contribution in [3.05, 3.63) is 35.4 Å². The Hall–Kier alpha value is -2.40. The Labute approximate surface area is 223 Å². The van der Waals surface area contributed by atoms with Crippen LogP contribution in [-0.2, 0) is 27.5 Å². The van der Waals surface area contributed by atoms with Crippen LogP contribution < -0.4 is 10.1 Å². The molecule has 9 nitrogen and oxygen atoms in total. The molecule has 0 fully saturated rings. The number of carbonyl (C=O) groups excluding carboxylic acids is 2. The molecule has 0 aliphatic carbocycles. The molecular weight excluding hydrogens is 494 g/mol. The Balaban J connectivity index is 2.14. The van der Waals surface area contributed by atoms with Gasteiger partial charge in [0.1, 0.15) is 5.75 Å². The number of hydrogen-bond donors (Lipinski definition) is 1. The number of unbranched alkanes of at least 4 members (excludes halogenated alkanes) is 3. The zero-order valence-electron chi connectivity index (χ0n) is 23.1. The Morgan fingerprint density at radius 1 is 0.919 bits per heavy atom. The molecule has 1 amide bonds. The number of aryl methyl sites for hydroxylation is 1. The van der Waals surface area contributed by atoms with Gasteiger partial charge in [-0.15, -0.1) is 0 Å². The van der Waals surface area contributed by atoms with Crippen molar-refractivity contribution in [1.82, 2.24) is 5.32 Å². The van der Waals surface area contributed by atoms with E-state index >= 15 is 0 Å². The van der Waals surface area contributed by atoms with Crippen LogP contribution in [0.2, 0.25) is 6.04 Å². The maximum Gasteiger partial charge on any atom is 0.500 e. The SMILES string of the molecule is CCO[Si](CCCNC(=O)OCCCCCCOc1ccc(/C=C/C(=O)OC)c(C)c1)(OCC)OCC. The zero-order valence-corrected chi connectivity index (χ0v) is 24.1. The summed E-state index contributed by atoms with van der Waals surface area (Å²) in [6, 6.07) is 6.42. The maximum atomic E-state index is 11.9. The van der Waals surface area contributed by atoms with Crippen molar-refractivity contribution in [3.63, 3.8) is 0 Å². The second kappa shape index (κ2) is 19.7. The molecule has 1 N–H and O–H groups in total. The number of methoxy groups -OCH3 is 1. The largest absolute Gasteiger partial charge is 0.500 e. The Morgan fingerprint density at radius 3 is 2.16 bits per heavy atom. The number of hydrogen-bond acceptors (Lipinski definition) is 8. The van der Waals surface area contributed by atoms with Crippen LogP contribution in [0.25, 0.3) is 6.08 Å². The number of amides is 1. The second-order valence-corrected chi connectivity index (χ2v) is 11.0. The number of alkyl carbamates (subject to hydrolysis) is 1. The average Bonchev–Trinajstić information content (AvgIpc) is 2.88. The van der Waals surface area contributed by atoms with Gasteiger partial charge >= 0.3 is 20.9 Å². The molecule has 0 spiro atoms. The lowest BCUT2D eigenvalue weighted by molar-refractivity contribution is -0.134. The Bertz CT molecular complexity index is 801. The standard InChI is InChI=1S/C27H45NO8Si/c1-6-34-37(35-7-2,36-8-3)21-13-18-28-27(30)33-20-12-10-9-11-19-32-25-16-14-24(23(4)22-25)15-17-26(29)31-5/h14-17,22H,6-13,18-21H2,1-5H3,(H,28,30)/b17-15+. The quantitative estimate of drug-likeness (QED) is 0.103. The van der Waals surface area contributed by atoms with Gasteiger partial charge in [-0.3, -0.25) is 0 Å². The van der Waals surface area contributed by atoms with Gasteiger partial charge < -0.3 is 32.8 Å². The molecule has 0 bridgehead atoms. The average molecular weight is 540 g/mol. The van der Waals surface area contributed by atoms with Crippen molar-refractivity contribution in [2.75, 3.05) is 46.7 Å². The van der Waals surface area contributed by atoms with Crippen molar-refractivity contribution in [3.8, 4) is 5.75 Å². The number of carbonyl (C=O) groups is 2. The fourth-order valence-electron chi connectivity index (χ4n) is 3.61. The highest BCUT2D eigenvalue weighted by atomic mass is 28.4. The van der Waals surface area contributed by atoms with E-state index in [2.05, 4.69) is 10.1 Å². The maximum absolute atomic E-state index is 11.9. The van der Waals surface area contributed by atoms with Gasteiger partial charge in [-0.05, 0) is 89.1 Å². The number of benzene rings is 1. The fourth-order valence-corrected chi connectivity index (χ4v) is 6.22. The van der Waals surface area contributed by atoms with Crippen molar-refractivity contribution in [2.45, 2.75) is 65.8 Å². The molecular formula is C27H45NO8Si. The van der Waals surface area contributed by atoms with E-state index in [1.54, 1.807) is 6.08 Å². The molecule has 0 heterocycles. The normalized spacial score (nSPS) is 11.5. The van der Waals surface area contributed by atoms with Crippen molar-refractivity contribution in [1.29, 1.82) is 0 Å². The van der Waals surface area contributed by atoms with E-state index in [1.165, 1.54) is 13.2 Å². The molecule has 37 heavy (non-hydrogen) atoms. The molecule has 0 aromatic heterocycles. The van der Waals surface area contributed by atoms with Crippen molar-refractivity contribution < 1.29 is 37.1 Å². The fraction of sp³-hybridized carbons (Fsp3) is 0.630. The summed E-state index contributed by atoms with van der Waals surface area (Å²) in [5.41, 5.74) is 1.96. The first-order chi connectivity index (χ1) is 17.9. The third kappa shape index (κ3) is 14.2. The molecule has 210 valence electrons. The highest BCUT2D eigenvalue weighted by molar-refractivity contribution is 6.60. The first kappa shape index (κ1) is 32.6. The van der Waals surface area contributed by atoms with Gasteiger partial charge in [0.15, 0.2) is 0 Å². The lowest BCUT2D eigenvalue weighted by Gasteiger charge is -2.28. The van der Waals surface area contributed by atoms with Gasteiger partial charge in [-0.1, -0.05) is 6.07 Å². The van der Waals surface area contributed by atoms with E-state index in [1.807, 2.05) is 45.9 Å². The topological polar surface area (TPSA) is 102 Å². The number of ether oxygens (including phenoxy) is 3. The Morgan fingerprint density at radius 2 is 1.57 bits per heavy atom. The molecule has 0 radical (unpaired) electrons. The first-order valence-electron chi connectivity index (χ1n) is 13.2. The van der Waals surface area contributed by atoms with Crippen LogP contribution in [0.1, 0.15) is 64.0 Å². The van der Waals surface area contributed by atoms with Crippen molar-refractivity contribution in [2.24, 2.45) is 0 Å². The predicted molar refractivity (Wildman–Crippen MR) is 146 cm³/mol. The van der Waals surface area contributed by atoms with E-state index in [-0.39, 0.29) is 5.97 Å². The van der Waals surface area contributed by atoms with E-state index in [9.17, 15) is 9.59 Å². The molecule has 1 rings (SSSR count). The first-order valence-corrected chi connectivity index (χ1v) is 15.1. The molecule has 1 aromatic carbocycles. The van der Waals surface area contributed by atoms with Gasteiger partial charge in [-0.2, -0.15) is 0 Å². The number of rotatable bonds is 20. The van der Waals surface area contributed by atoms with Crippen LogP contribution in [0, 0.1) is 6.92 Å². The van der Waals surface area contributed by atoms with Crippen LogP contribution in [0.15, 0.2) is 24.3 Å². The lowest BCUT2D eigenvalue weighted by Crippen LogP contribution is -2.46. The molecule has 0 saturated carbocycles. The minimum atomic E-state index is -2.67. The molecule has 0 unspecified atom stereocenters. The van der Waals surface area contributed by atoms with Gasteiger partial charge in [-0.25, -0.2) is 9.59 Å². The lowest BCUT2D eigenvalue weighted by atomic mass is 10.1. The van der Waals surface area contributed by atoms with E-state index in [0.717, 1.165) is 42.6 Å². The summed E-state index contributed by atoms with van der Waals surface area (Å²) in [5, 5.41) is 2.78. The van der Waals surface area contributed by atoms with Crippen LogP contribution >= 0.6 is 0 Å².